The van der Waals surface area contributed by atoms with E-state index in [1.807, 2.05) is 4.90 Å². The first-order valence-electron chi connectivity index (χ1n) is 12.1. The molecule has 0 aromatic carbocycles. The summed E-state index contributed by atoms with van der Waals surface area (Å²) in [5.74, 6) is 0.626. The van der Waals surface area contributed by atoms with Crippen molar-refractivity contribution in [3.05, 3.63) is 0 Å². The van der Waals surface area contributed by atoms with Crippen molar-refractivity contribution >= 4 is 12.1 Å². The molecule has 0 aromatic heterocycles. The molecule has 3 heterocycles. The van der Waals surface area contributed by atoms with Crippen LogP contribution >= 0.6 is 0 Å². The van der Waals surface area contributed by atoms with E-state index in [-0.39, 0.29) is 17.5 Å². The predicted molar refractivity (Wildman–Crippen MR) is 117 cm³/mol. The minimum atomic E-state index is -0.758. The molecule has 0 radical (unpaired) electrons. The average molecular weight is 421 g/mol. The van der Waals surface area contributed by atoms with E-state index in [4.69, 9.17) is 0 Å². The van der Waals surface area contributed by atoms with Crippen LogP contribution in [0.1, 0.15) is 65.7 Å². The summed E-state index contributed by atoms with van der Waals surface area (Å²) < 4.78 is 0. The number of carboxylic acid groups (broad SMARTS) is 1. The van der Waals surface area contributed by atoms with Gasteiger partial charge in [0.2, 0.25) is 0 Å². The molecule has 1 aliphatic carbocycles. The highest BCUT2D eigenvalue weighted by atomic mass is 16.4. The first kappa shape index (κ1) is 21.7. The zero-order valence-electron chi connectivity index (χ0n) is 19.1. The van der Waals surface area contributed by atoms with Crippen LogP contribution < -0.4 is 0 Å². The van der Waals surface area contributed by atoms with Crippen LogP contribution in [0.15, 0.2) is 0 Å². The van der Waals surface area contributed by atoms with Gasteiger partial charge in [0.15, 0.2) is 0 Å². The number of piperidine rings is 1. The van der Waals surface area contributed by atoms with Crippen molar-refractivity contribution in [2.45, 2.75) is 83.8 Å². The number of carbonyl (C=O) groups is 2. The number of hydrogen-bond acceptors (Lipinski definition) is 3. The van der Waals surface area contributed by atoms with Crippen LogP contribution in [0.2, 0.25) is 0 Å². The summed E-state index contributed by atoms with van der Waals surface area (Å²) in [6.45, 7) is 11.7. The van der Waals surface area contributed by atoms with E-state index in [9.17, 15) is 14.7 Å². The Balaban J connectivity index is 1.27. The minimum Gasteiger partial charge on any atom is -0.465 e. The maximum Gasteiger partial charge on any atom is 0.407 e. The molecule has 3 saturated heterocycles. The van der Waals surface area contributed by atoms with E-state index >= 15 is 0 Å². The second-order valence-electron chi connectivity index (χ2n) is 10.5. The summed E-state index contributed by atoms with van der Waals surface area (Å²) in [7, 11) is 0. The lowest BCUT2D eigenvalue weighted by molar-refractivity contribution is -0.0144. The van der Waals surface area contributed by atoms with Gasteiger partial charge in [0.25, 0.3) is 0 Å². The van der Waals surface area contributed by atoms with Crippen molar-refractivity contribution < 1.29 is 14.7 Å². The molecule has 4 aliphatic rings. The molecule has 1 spiro atoms. The molecule has 1 N–H and O–H groups in total. The van der Waals surface area contributed by atoms with Gasteiger partial charge < -0.3 is 24.7 Å². The van der Waals surface area contributed by atoms with Crippen LogP contribution in [0.4, 0.5) is 9.59 Å². The Hall–Kier alpha value is -1.50. The smallest absolute Gasteiger partial charge is 0.407 e. The Morgan fingerprint density at radius 1 is 1.10 bits per heavy atom. The molecule has 0 unspecified atom stereocenters. The van der Waals surface area contributed by atoms with Gasteiger partial charge in [0.1, 0.15) is 0 Å². The third kappa shape index (κ3) is 4.02. The zero-order valence-corrected chi connectivity index (χ0v) is 19.1. The van der Waals surface area contributed by atoms with Gasteiger partial charge >= 0.3 is 12.1 Å². The quantitative estimate of drug-likeness (QED) is 0.755. The van der Waals surface area contributed by atoms with Gasteiger partial charge in [0, 0.05) is 44.3 Å². The van der Waals surface area contributed by atoms with Crippen molar-refractivity contribution in [2.24, 2.45) is 11.3 Å². The lowest BCUT2D eigenvalue weighted by atomic mass is 9.64. The van der Waals surface area contributed by atoms with Gasteiger partial charge in [-0.25, -0.2) is 9.59 Å². The lowest BCUT2D eigenvalue weighted by Gasteiger charge is -2.52. The summed E-state index contributed by atoms with van der Waals surface area (Å²) in [4.78, 5) is 32.8. The number of carbonyl (C=O) groups excluding carboxylic acids is 1. The SMILES string of the molecule is CCN(C(=O)N1CCC[C@H]1C1CCN(C2CC3(CCN(C(=O)O)C3)C2)CC1)C(C)C. The maximum atomic E-state index is 13.1. The number of nitrogens with zero attached hydrogens (tertiary/aromatic N) is 4. The minimum absolute atomic E-state index is 0.239. The zero-order chi connectivity index (χ0) is 21.5. The highest BCUT2D eigenvalue weighted by Gasteiger charge is 2.51. The fourth-order valence-electron chi connectivity index (χ4n) is 6.71. The second kappa shape index (κ2) is 8.56. The predicted octanol–water partition coefficient (Wildman–Crippen LogP) is 3.55. The average Bonchev–Trinajstić information content (AvgIpc) is 3.35. The molecular weight excluding hydrogens is 380 g/mol. The topological polar surface area (TPSA) is 67.3 Å². The Morgan fingerprint density at radius 3 is 2.37 bits per heavy atom. The van der Waals surface area contributed by atoms with Gasteiger partial charge in [-0.1, -0.05) is 0 Å². The molecule has 1 atom stereocenters. The van der Waals surface area contributed by atoms with E-state index in [0.717, 1.165) is 64.8 Å². The summed E-state index contributed by atoms with van der Waals surface area (Å²) >= 11 is 0. The number of likely N-dealkylation sites (tertiary alicyclic amines) is 3. The Kier molecular flexibility index (Phi) is 6.20. The van der Waals surface area contributed by atoms with Crippen molar-refractivity contribution in [3.63, 3.8) is 0 Å². The maximum absolute atomic E-state index is 13.1. The number of hydrogen-bond donors (Lipinski definition) is 1. The van der Waals surface area contributed by atoms with E-state index in [1.165, 1.54) is 12.8 Å². The number of rotatable bonds is 4. The molecule has 7 nitrogen and oxygen atoms in total. The van der Waals surface area contributed by atoms with Gasteiger partial charge in [-0.15, -0.1) is 0 Å². The molecule has 3 aliphatic heterocycles. The summed E-state index contributed by atoms with van der Waals surface area (Å²) in [5, 5.41) is 9.24. The third-order valence-corrected chi connectivity index (χ3v) is 8.44. The van der Waals surface area contributed by atoms with Crippen LogP contribution in [0.5, 0.6) is 0 Å². The summed E-state index contributed by atoms with van der Waals surface area (Å²) in [6, 6.07) is 1.54. The molecule has 170 valence electrons. The van der Waals surface area contributed by atoms with Crippen LogP contribution in [0, 0.1) is 11.3 Å². The highest BCUT2D eigenvalue weighted by molar-refractivity contribution is 5.75. The number of amides is 3. The van der Waals surface area contributed by atoms with Gasteiger partial charge in [-0.05, 0) is 90.1 Å². The molecule has 1 saturated carbocycles. The molecule has 0 aromatic rings. The summed E-state index contributed by atoms with van der Waals surface area (Å²) in [5.41, 5.74) is 0.259. The first-order chi connectivity index (χ1) is 14.3. The third-order valence-electron chi connectivity index (χ3n) is 8.44. The van der Waals surface area contributed by atoms with Crippen molar-refractivity contribution in [3.8, 4) is 0 Å². The Labute approximate surface area is 181 Å². The molecule has 3 amide bonds. The van der Waals surface area contributed by atoms with Crippen molar-refractivity contribution in [1.82, 2.24) is 19.6 Å². The fraction of sp³-hybridized carbons (Fsp3) is 0.913. The van der Waals surface area contributed by atoms with E-state index in [0.29, 0.717) is 24.5 Å². The molecule has 7 heteroatoms. The fourth-order valence-corrected chi connectivity index (χ4v) is 6.71. The van der Waals surface area contributed by atoms with Gasteiger partial charge in [0.05, 0.1) is 0 Å². The second-order valence-corrected chi connectivity index (χ2v) is 10.5. The molecule has 0 bridgehead atoms. The summed E-state index contributed by atoms with van der Waals surface area (Å²) in [6.07, 6.45) is 7.27. The van der Waals surface area contributed by atoms with Crippen LogP contribution in [0.3, 0.4) is 0 Å². The monoisotopic (exact) mass is 420 g/mol. The van der Waals surface area contributed by atoms with Gasteiger partial charge in [-0.2, -0.15) is 0 Å². The standard InChI is InChI=1S/C23H40N4O3/c1-4-26(17(2)3)21(28)27-10-5-6-20(27)18-7-11-24(12-8-18)19-14-23(15-19)9-13-25(16-23)22(29)30/h17-20H,4-16H2,1-3H3,(H,29,30)/t19?,20-,23?/m0/s1. The van der Waals surface area contributed by atoms with Crippen LogP contribution in [-0.2, 0) is 0 Å². The first-order valence-corrected chi connectivity index (χ1v) is 12.1. The molecule has 4 rings (SSSR count). The van der Waals surface area contributed by atoms with E-state index in [1.54, 1.807) is 4.90 Å². The molecule has 4 fully saturated rings. The van der Waals surface area contributed by atoms with Crippen LogP contribution in [0.25, 0.3) is 0 Å². The molecular formula is C23H40N4O3. The normalized spacial score (nSPS) is 32.8. The lowest BCUT2D eigenvalue weighted by Crippen LogP contribution is -2.56. The van der Waals surface area contributed by atoms with Gasteiger partial charge in [-0.3, -0.25) is 0 Å². The van der Waals surface area contributed by atoms with Crippen LogP contribution in [-0.4, -0.2) is 94.2 Å². The Bertz CT molecular complexity index is 640. The highest BCUT2D eigenvalue weighted by Crippen LogP contribution is 2.50. The van der Waals surface area contributed by atoms with Crippen molar-refractivity contribution in [1.29, 1.82) is 0 Å². The van der Waals surface area contributed by atoms with E-state index in [2.05, 4.69) is 30.6 Å². The molecule has 30 heavy (non-hydrogen) atoms. The Morgan fingerprint density at radius 2 is 1.80 bits per heavy atom. The van der Waals surface area contributed by atoms with E-state index < -0.39 is 6.09 Å². The van der Waals surface area contributed by atoms with Crippen molar-refractivity contribution in [2.75, 3.05) is 39.3 Å². The largest absolute Gasteiger partial charge is 0.465 e. The number of urea groups is 1.